The molecule has 2 aromatic rings. The van der Waals surface area contributed by atoms with Gasteiger partial charge in [0.25, 0.3) is 5.69 Å². The van der Waals surface area contributed by atoms with Crippen molar-refractivity contribution in [1.29, 1.82) is 0 Å². The smallest absolute Gasteiger partial charge is 0.313 e. The van der Waals surface area contributed by atoms with Crippen molar-refractivity contribution < 1.29 is 14.5 Å². The van der Waals surface area contributed by atoms with Gasteiger partial charge in [-0.15, -0.1) is 0 Å². The van der Waals surface area contributed by atoms with Gasteiger partial charge in [0.1, 0.15) is 5.02 Å². The molecule has 0 radical (unpaired) electrons. The van der Waals surface area contributed by atoms with Crippen LogP contribution >= 0.6 is 11.6 Å². The first kappa shape index (κ1) is 17.4. The Balaban J connectivity index is 2.03. The fourth-order valence-electron chi connectivity index (χ4n) is 2.01. The number of carbonyl (C=O) groups excluding carboxylic acids is 2. The summed E-state index contributed by atoms with van der Waals surface area (Å²) in [6, 6.07) is 12.5. The standard InChI is InChI=1S/C16H14ClN3O4/c1-10(11-5-3-2-4-6-11)18-15(21)16(22)19-12-7-8-13(17)14(9-12)20(23)24/h2-10H,1H3,(H,18,21)(H,19,22). The number of benzene rings is 2. The molecular formula is C16H14ClN3O4. The lowest BCUT2D eigenvalue weighted by Gasteiger charge is -2.14. The number of amides is 2. The number of rotatable bonds is 4. The van der Waals surface area contributed by atoms with Crippen LogP contribution in [0.5, 0.6) is 0 Å². The monoisotopic (exact) mass is 347 g/mol. The maximum absolute atomic E-state index is 11.9. The van der Waals surface area contributed by atoms with E-state index < -0.39 is 16.7 Å². The molecule has 2 amide bonds. The third kappa shape index (κ3) is 4.30. The number of nitrogens with one attached hydrogen (secondary N) is 2. The van der Waals surface area contributed by atoms with Crippen molar-refractivity contribution in [3.05, 3.63) is 69.2 Å². The second-order valence-electron chi connectivity index (χ2n) is 4.98. The molecule has 0 aromatic heterocycles. The van der Waals surface area contributed by atoms with Gasteiger partial charge in [0.15, 0.2) is 0 Å². The number of halogens is 1. The molecule has 0 saturated heterocycles. The minimum atomic E-state index is -0.922. The minimum Gasteiger partial charge on any atom is -0.341 e. The molecule has 0 saturated carbocycles. The summed E-state index contributed by atoms with van der Waals surface area (Å²) in [6.45, 7) is 1.74. The predicted molar refractivity (Wildman–Crippen MR) is 89.7 cm³/mol. The summed E-state index contributed by atoms with van der Waals surface area (Å²) in [6.07, 6.45) is 0. The largest absolute Gasteiger partial charge is 0.341 e. The van der Waals surface area contributed by atoms with Crippen molar-refractivity contribution in [2.45, 2.75) is 13.0 Å². The molecule has 2 N–H and O–H groups in total. The quantitative estimate of drug-likeness (QED) is 0.504. The first-order valence-corrected chi connectivity index (χ1v) is 7.37. The van der Waals surface area contributed by atoms with E-state index in [0.717, 1.165) is 11.6 Å². The number of nitrogens with zero attached hydrogens (tertiary/aromatic N) is 1. The zero-order valence-corrected chi connectivity index (χ0v) is 13.4. The van der Waals surface area contributed by atoms with Gasteiger partial charge in [-0.3, -0.25) is 19.7 Å². The average molecular weight is 348 g/mol. The lowest BCUT2D eigenvalue weighted by Crippen LogP contribution is -2.36. The van der Waals surface area contributed by atoms with Crippen LogP contribution in [-0.4, -0.2) is 16.7 Å². The van der Waals surface area contributed by atoms with Crippen LogP contribution in [0.15, 0.2) is 48.5 Å². The van der Waals surface area contributed by atoms with Crippen LogP contribution < -0.4 is 10.6 Å². The Labute approximate surface area is 142 Å². The third-order valence-corrected chi connectivity index (χ3v) is 3.57. The highest BCUT2D eigenvalue weighted by Gasteiger charge is 2.19. The zero-order chi connectivity index (χ0) is 17.7. The summed E-state index contributed by atoms with van der Waals surface area (Å²) in [5.74, 6) is -1.77. The van der Waals surface area contributed by atoms with E-state index in [1.165, 1.54) is 12.1 Å². The molecule has 0 aliphatic heterocycles. The van der Waals surface area contributed by atoms with Gasteiger partial charge >= 0.3 is 11.8 Å². The Hall–Kier alpha value is -2.93. The first-order valence-electron chi connectivity index (χ1n) is 6.99. The Morgan fingerprint density at radius 3 is 2.42 bits per heavy atom. The molecule has 7 nitrogen and oxygen atoms in total. The highest BCUT2D eigenvalue weighted by atomic mass is 35.5. The Morgan fingerprint density at radius 2 is 1.79 bits per heavy atom. The molecule has 0 aliphatic rings. The Morgan fingerprint density at radius 1 is 1.12 bits per heavy atom. The van der Waals surface area contributed by atoms with E-state index in [1.54, 1.807) is 6.92 Å². The molecule has 1 atom stereocenters. The van der Waals surface area contributed by atoms with Gasteiger partial charge in [-0.25, -0.2) is 0 Å². The predicted octanol–water partition coefficient (Wildman–Crippen LogP) is 3.06. The Kier molecular flexibility index (Phi) is 5.49. The number of anilines is 1. The fraction of sp³-hybridized carbons (Fsp3) is 0.125. The number of hydrogen-bond acceptors (Lipinski definition) is 4. The molecule has 2 aromatic carbocycles. The average Bonchev–Trinajstić information content (AvgIpc) is 2.57. The van der Waals surface area contributed by atoms with E-state index in [9.17, 15) is 19.7 Å². The van der Waals surface area contributed by atoms with Crippen LogP contribution in [0.3, 0.4) is 0 Å². The van der Waals surface area contributed by atoms with E-state index in [0.29, 0.717) is 0 Å². The number of nitro benzene ring substituents is 1. The van der Waals surface area contributed by atoms with Gasteiger partial charge in [-0.2, -0.15) is 0 Å². The van der Waals surface area contributed by atoms with E-state index in [1.807, 2.05) is 30.3 Å². The van der Waals surface area contributed by atoms with Crippen molar-refractivity contribution >= 4 is 34.8 Å². The van der Waals surface area contributed by atoms with Crippen molar-refractivity contribution in [2.24, 2.45) is 0 Å². The van der Waals surface area contributed by atoms with Crippen LogP contribution in [0.1, 0.15) is 18.5 Å². The van der Waals surface area contributed by atoms with E-state index in [-0.39, 0.29) is 22.4 Å². The maximum atomic E-state index is 11.9. The highest BCUT2D eigenvalue weighted by Crippen LogP contribution is 2.27. The van der Waals surface area contributed by atoms with Gasteiger partial charge in [-0.05, 0) is 24.6 Å². The number of hydrogen-bond donors (Lipinski definition) is 2. The van der Waals surface area contributed by atoms with Crippen molar-refractivity contribution in [3.63, 3.8) is 0 Å². The van der Waals surface area contributed by atoms with Gasteiger partial charge in [0, 0.05) is 11.8 Å². The van der Waals surface area contributed by atoms with Crippen molar-refractivity contribution in [2.75, 3.05) is 5.32 Å². The first-order chi connectivity index (χ1) is 11.4. The normalized spacial score (nSPS) is 11.4. The number of nitro groups is 1. The molecule has 0 bridgehead atoms. The SMILES string of the molecule is CC(NC(=O)C(=O)Nc1ccc(Cl)c([N+](=O)[O-])c1)c1ccccc1. The van der Waals surface area contributed by atoms with E-state index in [2.05, 4.69) is 10.6 Å². The zero-order valence-electron chi connectivity index (χ0n) is 12.7. The van der Waals surface area contributed by atoms with Gasteiger partial charge < -0.3 is 10.6 Å². The molecule has 0 fully saturated rings. The van der Waals surface area contributed by atoms with Crippen LogP contribution in [0, 0.1) is 10.1 Å². The third-order valence-electron chi connectivity index (χ3n) is 3.25. The van der Waals surface area contributed by atoms with Gasteiger partial charge in [-0.1, -0.05) is 41.9 Å². The lowest BCUT2D eigenvalue weighted by molar-refractivity contribution is -0.384. The van der Waals surface area contributed by atoms with Crippen molar-refractivity contribution in [1.82, 2.24) is 5.32 Å². The molecule has 0 aliphatic carbocycles. The molecule has 2 rings (SSSR count). The molecule has 1 unspecified atom stereocenters. The molecule has 0 spiro atoms. The maximum Gasteiger partial charge on any atom is 0.313 e. The summed E-state index contributed by atoms with van der Waals surface area (Å²) >= 11 is 5.69. The molecule has 24 heavy (non-hydrogen) atoms. The summed E-state index contributed by atoms with van der Waals surface area (Å²) in [4.78, 5) is 34.0. The molecular weight excluding hydrogens is 334 g/mol. The van der Waals surface area contributed by atoms with E-state index >= 15 is 0 Å². The summed E-state index contributed by atoms with van der Waals surface area (Å²) in [5.41, 5.74) is 0.604. The van der Waals surface area contributed by atoms with Crippen LogP contribution in [0.4, 0.5) is 11.4 Å². The summed E-state index contributed by atoms with van der Waals surface area (Å²) in [5, 5.41) is 15.6. The second-order valence-corrected chi connectivity index (χ2v) is 5.39. The number of carbonyl (C=O) groups is 2. The van der Waals surface area contributed by atoms with Crippen LogP contribution in [0.2, 0.25) is 5.02 Å². The lowest BCUT2D eigenvalue weighted by atomic mass is 10.1. The highest BCUT2D eigenvalue weighted by molar-refractivity contribution is 6.39. The topological polar surface area (TPSA) is 101 Å². The van der Waals surface area contributed by atoms with E-state index in [4.69, 9.17) is 11.6 Å². The van der Waals surface area contributed by atoms with Crippen LogP contribution in [-0.2, 0) is 9.59 Å². The molecule has 8 heteroatoms. The second kappa shape index (κ2) is 7.56. The van der Waals surface area contributed by atoms with Gasteiger partial charge in [0.05, 0.1) is 11.0 Å². The summed E-state index contributed by atoms with van der Waals surface area (Å²) in [7, 11) is 0. The van der Waals surface area contributed by atoms with Crippen LogP contribution in [0.25, 0.3) is 0 Å². The molecule has 0 heterocycles. The molecule has 124 valence electrons. The van der Waals surface area contributed by atoms with Crippen molar-refractivity contribution in [3.8, 4) is 0 Å². The fourth-order valence-corrected chi connectivity index (χ4v) is 2.19. The minimum absolute atomic E-state index is 0.0554. The van der Waals surface area contributed by atoms with Gasteiger partial charge in [0.2, 0.25) is 0 Å². The summed E-state index contributed by atoms with van der Waals surface area (Å²) < 4.78 is 0. The Bertz CT molecular complexity index is 780.